The van der Waals surface area contributed by atoms with Gasteiger partial charge in [-0.05, 0) is 49.1 Å². The van der Waals surface area contributed by atoms with Crippen molar-refractivity contribution < 1.29 is 13.2 Å². The van der Waals surface area contributed by atoms with Crippen molar-refractivity contribution in [1.29, 1.82) is 0 Å². The van der Waals surface area contributed by atoms with Gasteiger partial charge in [-0.25, -0.2) is 8.42 Å². The molecule has 2 aliphatic rings. The molecular formula is C14H18ClNO3S2. The number of hydrogen-bond acceptors (Lipinski definition) is 4. The van der Waals surface area contributed by atoms with E-state index in [1.165, 1.54) is 31.7 Å². The van der Waals surface area contributed by atoms with Gasteiger partial charge < -0.3 is 5.32 Å². The van der Waals surface area contributed by atoms with Crippen LogP contribution in [0.1, 0.15) is 30.6 Å². The highest BCUT2D eigenvalue weighted by Gasteiger charge is 2.39. The molecule has 1 aromatic heterocycles. The third-order valence-electron chi connectivity index (χ3n) is 4.66. The van der Waals surface area contributed by atoms with E-state index in [1.54, 1.807) is 6.07 Å². The molecule has 21 heavy (non-hydrogen) atoms. The molecule has 4 nitrogen and oxygen atoms in total. The average molecular weight is 348 g/mol. The molecule has 3 unspecified atom stereocenters. The summed E-state index contributed by atoms with van der Waals surface area (Å²) >= 11 is 1.06. The van der Waals surface area contributed by atoms with E-state index >= 15 is 0 Å². The molecule has 1 heterocycles. The summed E-state index contributed by atoms with van der Waals surface area (Å²) in [6.07, 6.45) is 5.48. The Morgan fingerprint density at radius 1 is 1.33 bits per heavy atom. The number of nitrogens with one attached hydrogen (secondary N) is 1. The van der Waals surface area contributed by atoms with Gasteiger partial charge in [0.2, 0.25) is 5.91 Å². The minimum absolute atomic E-state index is 0.0434. The Balaban J connectivity index is 1.49. The quantitative estimate of drug-likeness (QED) is 0.833. The SMILES string of the molecule is O=C(Cc1ccc(S(=O)(=O)Cl)s1)NCC1CC2CCC1C2. The summed E-state index contributed by atoms with van der Waals surface area (Å²) in [7, 11) is 1.58. The second-order valence-electron chi connectivity index (χ2n) is 6.07. The molecule has 1 aromatic rings. The molecule has 1 N–H and O–H groups in total. The fraction of sp³-hybridized carbons (Fsp3) is 0.643. The molecule has 3 atom stereocenters. The Labute approximate surface area is 133 Å². The van der Waals surface area contributed by atoms with Crippen LogP contribution in [0.3, 0.4) is 0 Å². The number of amides is 1. The maximum atomic E-state index is 11.9. The van der Waals surface area contributed by atoms with Gasteiger partial charge in [0.15, 0.2) is 0 Å². The zero-order valence-electron chi connectivity index (χ0n) is 11.5. The van der Waals surface area contributed by atoms with E-state index < -0.39 is 9.05 Å². The minimum Gasteiger partial charge on any atom is -0.356 e. The van der Waals surface area contributed by atoms with Crippen molar-refractivity contribution in [1.82, 2.24) is 5.32 Å². The first-order valence-corrected chi connectivity index (χ1v) is 10.3. The highest BCUT2D eigenvalue weighted by Crippen LogP contribution is 2.47. The van der Waals surface area contributed by atoms with Gasteiger partial charge in [0.1, 0.15) is 4.21 Å². The Morgan fingerprint density at radius 3 is 2.71 bits per heavy atom. The first kappa shape index (κ1) is 15.3. The van der Waals surface area contributed by atoms with Crippen LogP contribution in [-0.4, -0.2) is 20.9 Å². The van der Waals surface area contributed by atoms with E-state index in [2.05, 4.69) is 5.32 Å². The molecule has 0 aromatic carbocycles. The van der Waals surface area contributed by atoms with Gasteiger partial charge in [0.05, 0.1) is 6.42 Å². The molecule has 2 fully saturated rings. The average Bonchev–Trinajstić information content (AvgIpc) is 3.10. The normalized spacial score (nSPS) is 28.0. The lowest BCUT2D eigenvalue weighted by molar-refractivity contribution is -0.120. The van der Waals surface area contributed by atoms with E-state index in [0.29, 0.717) is 5.92 Å². The molecule has 7 heteroatoms. The lowest BCUT2D eigenvalue weighted by Crippen LogP contribution is -2.32. The Morgan fingerprint density at radius 2 is 2.14 bits per heavy atom. The third-order valence-corrected chi connectivity index (χ3v) is 7.84. The molecule has 2 saturated carbocycles. The van der Waals surface area contributed by atoms with Crippen LogP contribution >= 0.6 is 22.0 Å². The van der Waals surface area contributed by atoms with E-state index in [1.807, 2.05) is 0 Å². The van der Waals surface area contributed by atoms with Crippen molar-refractivity contribution in [3.63, 3.8) is 0 Å². The second kappa shape index (κ2) is 5.89. The van der Waals surface area contributed by atoms with Crippen LogP contribution < -0.4 is 5.32 Å². The second-order valence-corrected chi connectivity index (χ2v) is 10.0. The molecule has 2 bridgehead atoms. The Bertz CT molecular complexity index is 640. The molecule has 0 spiro atoms. The van der Waals surface area contributed by atoms with E-state index in [4.69, 9.17) is 10.7 Å². The lowest BCUT2D eigenvalue weighted by Gasteiger charge is -2.21. The lowest BCUT2D eigenvalue weighted by atomic mass is 9.89. The number of halogens is 1. The van der Waals surface area contributed by atoms with Crippen molar-refractivity contribution in [2.75, 3.05) is 6.54 Å². The van der Waals surface area contributed by atoms with Crippen LogP contribution in [0.15, 0.2) is 16.3 Å². The predicted octanol–water partition coefficient (Wildman–Crippen LogP) is 2.77. The summed E-state index contributed by atoms with van der Waals surface area (Å²) < 4.78 is 22.5. The van der Waals surface area contributed by atoms with Gasteiger partial charge in [-0.2, -0.15) is 0 Å². The molecule has 0 radical (unpaired) electrons. The van der Waals surface area contributed by atoms with Gasteiger partial charge >= 0.3 is 0 Å². The molecule has 2 aliphatic carbocycles. The topological polar surface area (TPSA) is 63.2 Å². The number of rotatable bonds is 5. The van der Waals surface area contributed by atoms with Gasteiger partial charge in [-0.1, -0.05) is 6.42 Å². The van der Waals surface area contributed by atoms with Crippen LogP contribution in [0.2, 0.25) is 0 Å². The first-order valence-electron chi connectivity index (χ1n) is 7.22. The number of hydrogen-bond donors (Lipinski definition) is 1. The van der Waals surface area contributed by atoms with Crippen molar-refractivity contribution >= 4 is 37.0 Å². The Kier molecular flexibility index (Phi) is 4.30. The van der Waals surface area contributed by atoms with Crippen molar-refractivity contribution in [3.05, 3.63) is 17.0 Å². The third kappa shape index (κ3) is 3.60. The van der Waals surface area contributed by atoms with Crippen LogP contribution in [0.4, 0.5) is 0 Å². The first-order chi connectivity index (χ1) is 9.91. The van der Waals surface area contributed by atoms with Gasteiger partial charge in [0.25, 0.3) is 9.05 Å². The zero-order valence-corrected chi connectivity index (χ0v) is 13.9. The minimum atomic E-state index is -3.69. The standard InChI is InChI=1S/C14H18ClNO3S2/c15-21(18,19)14-4-3-12(20-14)7-13(17)16-8-11-6-9-1-2-10(11)5-9/h3-4,9-11H,1-2,5-8H2,(H,16,17). The molecule has 0 saturated heterocycles. The monoisotopic (exact) mass is 347 g/mol. The maximum Gasteiger partial charge on any atom is 0.270 e. The number of thiophene rings is 1. The predicted molar refractivity (Wildman–Crippen MR) is 83.0 cm³/mol. The Hall–Kier alpha value is -0.590. The van der Waals surface area contributed by atoms with Gasteiger partial charge in [-0.3, -0.25) is 4.79 Å². The van der Waals surface area contributed by atoms with Gasteiger partial charge in [-0.15, -0.1) is 11.3 Å². The van der Waals surface area contributed by atoms with Crippen LogP contribution in [0.5, 0.6) is 0 Å². The van der Waals surface area contributed by atoms with Crippen LogP contribution in [-0.2, 0) is 20.3 Å². The molecule has 3 rings (SSSR count). The van der Waals surface area contributed by atoms with Gasteiger partial charge in [0, 0.05) is 22.1 Å². The molecule has 0 aliphatic heterocycles. The smallest absolute Gasteiger partial charge is 0.270 e. The number of carbonyl (C=O) groups is 1. The molecule has 116 valence electrons. The van der Waals surface area contributed by atoms with Crippen molar-refractivity contribution in [2.24, 2.45) is 17.8 Å². The van der Waals surface area contributed by atoms with Crippen molar-refractivity contribution in [2.45, 2.75) is 36.3 Å². The summed E-state index contributed by atoms with van der Waals surface area (Å²) in [4.78, 5) is 12.7. The number of carbonyl (C=O) groups excluding carboxylic acids is 1. The summed E-state index contributed by atoms with van der Waals surface area (Å²) in [6.45, 7) is 0.756. The molecule has 1 amide bonds. The fourth-order valence-electron chi connectivity index (χ4n) is 3.68. The summed E-state index contributed by atoms with van der Waals surface area (Å²) in [5, 5.41) is 2.99. The highest BCUT2D eigenvalue weighted by molar-refractivity contribution is 8.15. The van der Waals surface area contributed by atoms with Crippen LogP contribution in [0, 0.1) is 17.8 Å². The van der Waals surface area contributed by atoms with Crippen molar-refractivity contribution in [3.8, 4) is 0 Å². The fourth-order valence-corrected chi connectivity index (χ4v) is 5.80. The van der Waals surface area contributed by atoms with E-state index in [9.17, 15) is 13.2 Å². The zero-order chi connectivity index (χ0) is 15.0. The summed E-state index contributed by atoms with van der Waals surface area (Å²) in [5.41, 5.74) is 0. The highest BCUT2D eigenvalue weighted by atomic mass is 35.7. The largest absolute Gasteiger partial charge is 0.356 e. The summed E-state index contributed by atoms with van der Waals surface area (Å²) in [6, 6.07) is 3.10. The van der Waals surface area contributed by atoms with Crippen LogP contribution in [0.25, 0.3) is 0 Å². The van der Waals surface area contributed by atoms with E-state index in [0.717, 1.165) is 34.6 Å². The maximum absolute atomic E-state index is 11.9. The number of fused-ring (bicyclic) bond motifs is 2. The van der Waals surface area contributed by atoms with E-state index in [-0.39, 0.29) is 16.5 Å². The molecular weight excluding hydrogens is 330 g/mol. The summed E-state index contributed by atoms with van der Waals surface area (Å²) in [5.74, 6) is 2.27.